The largest absolute Gasteiger partial charge is 0.292 e. The van der Waals surface area contributed by atoms with Gasteiger partial charge in [-0.3, -0.25) is 19.7 Å². The number of nitrogens with zero attached hydrogens (tertiary/aromatic N) is 4. The Morgan fingerprint density at radius 3 is 2.77 bits per heavy atom. The molecule has 0 aromatic carbocycles. The summed E-state index contributed by atoms with van der Waals surface area (Å²) in [5.74, 6) is 0.477. The molecule has 0 bridgehead atoms. The summed E-state index contributed by atoms with van der Waals surface area (Å²) in [5, 5.41) is 5.05. The van der Waals surface area contributed by atoms with E-state index in [-0.39, 0.29) is 21.7 Å². The van der Waals surface area contributed by atoms with Crippen molar-refractivity contribution >= 4 is 39.1 Å². The van der Waals surface area contributed by atoms with Crippen molar-refractivity contribution in [3.05, 3.63) is 43.5 Å². The molecule has 9 heteroatoms. The quantitative estimate of drug-likeness (QED) is 0.653. The Labute approximate surface area is 184 Å². The second kappa shape index (κ2) is 7.50. The highest BCUT2D eigenvalue weighted by Gasteiger charge is 2.32. The molecule has 30 heavy (non-hydrogen) atoms. The second-order valence-corrected chi connectivity index (χ2v) is 10.4. The van der Waals surface area contributed by atoms with Gasteiger partial charge in [-0.2, -0.15) is 5.10 Å². The van der Waals surface area contributed by atoms with Crippen molar-refractivity contribution in [2.24, 2.45) is 11.3 Å². The molecule has 1 aliphatic carbocycles. The minimum Gasteiger partial charge on any atom is -0.271 e. The van der Waals surface area contributed by atoms with Crippen LogP contribution < -0.4 is 11.0 Å². The molecule has 0 spiro atoms. The Hall–Kier alpha value is -2.19. The number of carbonyl (C=O) groups is 1. The number of rotatable bonds is 3. The normalized spacial score (nSPS) is 16.7. The van der Waals surface area contributed by atoms with Gasteiger partial charge in [0.2, 0.25) is 0 Å². The summed E-state index contributed by atoms with van der Waals surface area (Å²) in [5.41, 5.74) is 3.80. The highest BCUT2D eigenvalue weighted by Crippen LogP contribution is 2.42. The molecule has 1 N–H and O–H groups in total. The van der Waals surface area contributed by atoms with Crippen molar-refractivity contribution in [2.45, 2.75) is 60.4 Å². The fourth-order valence-electron chi connectivity index (χ4n) is 4.06. The predicted molar refractivity (Wildman–Crippen MR) is 120 cm³/mol. The molecule has 0 unspecified atom stereocenters. The summed E-state index contributed by atoms with van der Waals surface area (Å²) in [6.45, 7) is 11.0. The fraction of sp³-hybridized carbons (Fsp3) is 0.524. The van der Waals surface area contributed by atoms with Crippen LogP contribution in [0.4, 0.5) is 0 Å². The minimum atomic E-state index is -0.532. The van der Waals surface area contributed by atoms with Gasteiger partial charge in [0.1, 0.15) is 10.7 Å². The van der Waals surface area contributed by atoms with Gasteiger partial charge in [0, 0.05) is 17.6 Å². The van der Waals surface area contributed by atoms with Crippen molar-refractivity contribution in [1.29, 1.82) is 0 Å². The summed E-state index contributed by atoms with van der Waals surface area (Å²) in [7, 11) is 0. The van der Waals surface area contributed by atoms with Crippen LogP contribution in [-0.2, 0) is 19.4 Å². The number of hydrogen-bond acceptors (Lipinski definition) is 5. The van der Waals surface area contributed by atoms with Crippen LogP contribution in [0, 0.1) is 18.3 Å². The number of fused-ring (bicyclic) bond motifs is 3. The van der Waals surface area contributed by atoms with E-state index < -0.39 is 5.91 Å². The number of thiophene rings is 1. The molecule has 160 valence electrons. The van der Waals surface area contributed by atoms with Gasteiger partial charge in [0.15, 0.2) is 5.69 Å². The number of halogens is 1. The van der Waals surface area contributed by atoms with E-state index in [0.29, 0.717) is 23.7 Å². The summed E-state index contributed by atoms with van der Waals surface area (Å²) < 4.78 is 2.80. The molecular formula is C21H26ClN5O2S. The first-order chi connectivity index (χ1) is 14.1. The summed E-state index contributed by atoms with van der Waals surface area (Å²) >= 11 is 7.75. The average Bonchev–Trinajstić information content (AvgIpc) is 3.23. The van der Waals surface area contributed by atoms with Crippen LogP contribution in [0.15, 0.2) is 11.0 Å². The summed E-state index contributed by atoms with van der Waals surface area (Å²) in [4.78, 5) is 32.7. The molecule has 3 aromatic rings. The number of carbonyl (C=O) groups excluding carboxylic acids is 1. The van der Waals surface area contributed by atoms with Gasteiger partial charge in [-0.1, -0.05) is 32.4 Å². The molecule has 3 aromatic heterocycles. The van der Waals surface area contributed by atoms with Gasteiger partial charge in [0.05, 0.1) is 10.4 Å². The Bertz CT molecular complexity index is 1200. The molecule has 1 amide bonds. The molecule has 0 fully saturated rings. The molecule has 1 aliphatic rings. The molecule has 0 saturated heterocycles. The van der Waals surface area contributed by atoms with Crippen LogP contribution in [-0.4, -0.2) is 25.3 Å². The van der Waals surface area contributed by atoms with Crippen LogP contribution in [0.25, 0.3) is 10.2 Å². The van der Waals surface area contributed by atoms with E-state index in [9.17, 15) is 9.59 Å². The van der Waals surface area contributed by atoms with Gasteiger partial charge in [-0.25, -0.2) is 9.66 Å². The van der Waals surface area contributed by atoms with E-state index >= 15 is 0 Å². The lowest BCUT2D eigenvalue weighted by Crippen LogP contribution is -2.36. The molecular weight excluding hydrogens is 422 g/mol. The van der Waals surface area contributed by atoms with E-state index in [4.69, 9.17) is 11.6 Å². The van der Waals surface area contributed by atoms with E-state index in [1.165, 1.54) is 9.55 Å². The van der Waals surface area contributed by atoms with E-state index in [1.807, 2.05) is 6.92 Å². The van der Waals surface area contributed by atoms with Crippen molar-refractivity contribution in [2.75, 3.05) is 5.43 Å². The monoisotopic (exact) mass is 447 g/mol. The third-order valence-corrected chi connectivity index (χ3v) is 7.37. The van der Waals surface area contributed by atoms with Gasteiger partial charge in [-0.05, 0) is 50.0 Å². The van der Waals surface area contributed by atoms with Gasteiger partial charge in [-0.15, -0.1) is 11.3 Å². The highest BCUT2D eigenvalue weighted by molar-refractivity contribution is 7.18. The van der Waals surface area contributed by atoms with Crippen molar-refractivity contribution in [1.82, 2.24) is 19.4 Å². The maximum Gasteiger partial charge on any atom is 0.292 e. The fourth-order valence-corrected chi connectivity index (χ4v) is 5.64. The Morgan fingerprint density at radius 1 is 1.40 bits per heavy atom. The lowest BCUT2D eigenvalue weighted by molar-refractivity contribution is 0.100. The topological polar surface area (TPSA) is 81.8 Å². The SMILES string of the molecule is CCn1cc(Cl)c(C(=O)Nn2c(C)nc3sc4c(c3c2=O)CC[C@H](C(C)(C)C)C4)n1. The van der Waals surface area contributed by atoms with Crippen molar-refractivity contribution < 1.29 is 4.79 Å². The zero-order chi connectivity index (χ0) is 21.8. The zero-order valence-corrected chi connectivity index (χ0v) is 19.4. The molecule has 0 aliphatic heterocycles. The maximum absolute atomic E-state index is 13.3. The number of hydrogen-bond donors (Lipinski definition) is 1. The van der Waals surface area contributed by atoms with Crippen LogP contribution >= 0.6 is 22.9 Å². The molecule has 7 nitrogen and oxygen atoms in total. The first kappa shape index (κ1) is 21.1. The first-order valence-corrected chi connectivity index (χ1v) is 11.4. The maximum atomic E-state index is 13.3. The number of nitrogens with one attached hydrogen (secondary N) is 1. The van der Waals surface area contributed by atoms with Crippen molar-refractivity contribution in [3.8, 4) is 0 Å². The average molecular weight is 448 g/mol. The lowest BCUT2D eigenvalue weighted by atomic mass is 9.72. The van der Waals surface area contributed by atoms with E-state index in [0.717, 1.165) is 29.7 Å². The molecule has 4 rings (SSSR count). The Balaban J connectivity index is 1.73. The van der Waals surface area contributed by atoms with Crippen LogP contribution in [0.3, 0.4) is 0 Å². The lowest BCUT2D eigenvalue weighted by Gasteiger charge is -2.33. The minimum absolute atomic E-state index is 0.0882. The Morgan fingerprint density at radius 2 is 2.13 bits per heavy atom. The van der Waals surface area contributed by atoms with Gasteiger partial charge < -0.3 is 0 Å². The second-order valence-electron chi connectivity index (χ2n) is 8.91. The number of aryl methyl sites for hydroxylation is 3. The first-order valence-electron chi connectivity index (χ1n) is 10.2. The molecule has 1 atom stereocenters. The predicted octanol–water partition coefficient (Wildman–Crippen LogP) is 4.17. The van der Waals surface area contributed by atoms with E-state index in [2.05, 4.69) is 36.3 Å². The molecule has 0 saturated carbocycles. The van der Waals surface area contributed by atoms with Crippen LogP contribution in [0.1, 0.15) is 60.9 Å². The molecule has 3 heterocycles. The third-order valence-electron chi connectivity index (χ3n) is 5.94. The highest BCUT2D eigenvalue weighted by atomic mass is 35.5. The summed E-state index contributed by atoms with van der Waals surface area (Å²) in [6, 6.07) is 0. The standard InChI is InChI=1S/C21H26ClN5O2S/c1-6-26-10-14(22)17(24-26)18(28)25-27-11(2)23-19-16(20(27)29)13-8-7-12(21(3,4)5)9-15(13)30-19/h10,12H,6-9H2,1-5H3,(H,25,28)/t12-/m0/s1. The van der Waals surface area contributed by atoms with Gasteiger partial charge >= 0.3 is 0 Å². The number of amides is 1. The summed E-state index contributed by atoms with van der Waals surface area (Å²) in [6.07, 6.45) is 4.47. The van der Waals surface area contributed by atoms with Crippen LogP contribution in [0.2, 0.25) is 5.02 Å². The van der Waals surface area contributed by atoms with Crippen molar-refractivity contribution in [3.63, 3.8) is 0 Å². The zero-order valence-electron chi connectivity index (χ0n) is 17.9. The number of aromatic nitrogens is 4. The molecule has 0 radical (unpaired) electrons. The van der Waals surface area contributed by atoms with Crippen LogP contribution in [0.5, 0.6) is 0 Å². The van der Waals surface area contributed by atoms with Gasteiger partial charge in [0.25, 0.3) is 11.5 Å². The smallest absolute Gasteiger partial charge is 0.271 e. The third kappa shape index (κ3) is 3.56. The van der Waals surface area contributed by atoms with E-state index in [1.54, 1.807) is 29.1 Å². The Kier molecular flexibility index (Phi) is 5.26.